The van der Waals surface area contributed by atoms with Crippen molar-refractivity contribution in [2.45, 2.75) is 32.5 Å². The second-order valence-electron chi connectivity index (χ2n) is 4.53. The first-order valence-electron chi connectivity index (χ1n) is 6.11. The first-order valence-corrected chi connectivity index (χ1v) is 6.11. The van der Waals surface area contributed by atoms with Gasteiger partial charge in [0, 0.05) is 6.54 Å². The van der Waals surface area contributed by atoms with E-state index in [0.29, 0.717) is 18.3 Å². The summed E-state index contributed by atoms with van der Waals surface area (Å²) >= 11 is 0. The van der Waals surface area contributed by atoms with E-state index in [1.807, 2.05) is 25.1 Å². The third-order valence-electron chi connectivity index (χ3n) is 3.20. The summed E-state index contributed by atoms with van der Waals surface area (Å²) in [4.78, 5) is 0. The Morgan fingerprint density at radius 1 is 1.53 bits per heavy atom. The molecule has 1 unspecified atom stereocenters. The molecule has 1 aromatic rings. The van der Waals surface area contributed by atoms with Gasteiger partial charge in [0.15, 0.2) is 0 Å². The van der Waals surface area contributed by atoms with Gasteiger partial charge in [0.05, 0.1) is 24.3 Å². The van der Waals surface area contributed by atoms with Gasteiger partial charge in [0.2, 0.25) is 0 Å². The van der Waals surface area contributed by atoms with E-state index in [4.69, 9.17) is 10.00 Å². The Kier molecular flexibility index (Phi) is 4.13. The van der Waals surface area contributed by atoms with Crippen LogP contribution in [0.15, 0.2) is 18.2 Å². The maximum atomic E-state index is 8.80. The molecule has 1 N–H and O–H groups in total. The molecule has 1 heterocycles. The predicted molar refractivity (Wildman–Crippen MR) is 66.6 cm³/mol. The Balaban J connectivity index is 1.92. The molecule has 1 saturated heterocycles. The van der Waals surface area contributed by atoms with Gasteiger partial charge in [-0.2, -0.15) is 5.26 Å². The maximum absolute atomic E-state index is 8.80. The van der Waals surface area contributed by atoms with Crippen molar-refractivity contribution < 1.29 is 4.74 Å². The molecule has 90 valence electrons. The molecule has 1 aliphatic rings. The molecule has 0 radical (unpaired) electrons. The van der Waals surface area contributed by atoms with Crippen molar-refractivity contribution in [1.29, 1.82) is 5.26 Å². The standard InChI is InChI=1S/C14H18N2O/c1-11-7-12(8-15)4-5-13(11)10-17-14-3-2-6-16-9-14/h4-5,7,14,16H,2-3,6,9-10H2,1H3. The van der Waals surface area contributed by atoms with Gasteiger partial charge in [-0.15, -0.1) is 0 Å². The van der Waals surface area contributed by atoms with E-state index in [9.17, 15) is 0 Å². The lowest BCUT2D eigenvalue weighted by Gasteiger charge is -2.23. The molecular formula is C14H18N2O. The van der Waals surface area contributed by atoms with Gasteiger partial charge >= 0.3 is 0 Å². The second kappa shape index (κ2) is 5.81. The minimum absolute atomic E-state index is 0.332. The van der Waals surface area contributed by atoms with Crippen molar-refractivity contribution >= 4 is 0 Å². The molecule has 17 heavy (non-hydrogen) atoms. The number of hydrogen-bond acceptors (Lipinski definition) is 3. The molecular weight excluding hydrogens is 212 g/mol. The average Bonchev–Trinajstić information content (AvgIpc) is 2.38. The van der Waals surface area contributed by atoms with Crippen LogP contribution < -0.4 is 5.32 Å². The SMILES string of the molecule is Cc1cc(C#N)ccc1COC1CCCNC1. The number of nitriles is 1. The molecule has 1 atom stereocenters. The third-order valence-corrected chi connectivity index (χ3v) is 3.20. The van der Waals surface area contributed by atoms with Crippen LogP contribution in [0.2, 0.25) is 0 Å². The molecule has 1 aromatic carbocycles. The Morgan fingerprint density at radius 3 is 3.06 bits per heavy atom. The van der Waals surface area contributed by atoms with Crippen LogP contribution in [-0.4, -0.2) is 19.2 Å². The highest BCUT2D eigenvalue weighted by molar-refractivity contribution is 5.37. The van der Waals surface area contributed by atoms with E-state index >= 15 is 0 Å². The number of piperidine rings is 1. The Bertz CT molecular complexity index is 417. The summed E-state index contributed by atoms with van der Waals surface area (Å²) in [6, 6.07) is 7.91. The van der Waals surface area contributed by atoms with Gasteiger partial charge in [-0.25, -0.2) is 0 Å². The lowest BCUT2D eigenvalue weighted by molar-refractivity contribution is 0.0250. The minimum Gasteiger partial charge on any atom is -0.372 e. The van der Waals surface area contributed by atoms with Crippen molar-refractivity contribution in [3.05, 3.63) is 34.9 Å². The Labute approximate surface area is 102 Å². The fraction of sp³-hybridized carbons (Fsp3) is 0.500. The fourth-order valence-corrected chi connectivity index (χ4v) is 2.10. The van der Waals surface area contributed by atoms with Crippen LogP contribution in [0.3, 0.4) is 0 Å². The zero-order valence-corrected chi connectivity index (χ0v) is 10.2. The highest BCUT2D eigenvalue weighted by Crippen LogP contribution is 2.14. The Hall–Kier alpha value is -1.37. The van der Waals surface area contributed by atoms with E-state index in [-0.39, 0.29) is 0 Å². The van der Waals surface area contributed by atoms with Gasteiger partial charge < -0.3 is 10.1 Å². The van der Waals surface area contributed by atoms with Crippen molar-refractivity contribution in [2.24, 2.45) is 0 Å². The van der Waals surface area contributed by atoms with Gasteiger partial charge in [-0.3, -0.25) is 0 Å². The first kappa shape index (κ1) is 12.1. The summed E-state index contributed by atoms with van der Waals surface area (Å²) in [7, 11) is 0. The molecule has 1 aliphatic heterocycles. The van der Waals surface area contributed by atoms with E-state index in [1.54, 1.807) is 0 Å². The van der Waals surface area contributed by atoms with Crippen LogP contribution in [0.25, 0.3) is 0 Å². The first-order chi connectivity index (χ1) is 8.29. The summed E-state index contributed by atoms with van der Waals surface area (Å²) < 4.78 is 5.88. The highest BCUT2D eigenvalue weighted by Gasteiger charge is 2.13. The number of ether oxygens (including phenoxy) is 1. The van der Waals surface area contributed by atoms with E-state index in [1.165, 1.54) is 12.0 Å². The molecule has 0 aromatic heterocycles. The third kappa shape index (κ3) is 3.29. The number of benzene rings is 1. The van der Waals surface area contributed by atoms with Crippen LogP contribution in [0.1, 0.15) is 29.5 Å². The number of aryl methyl sites for hydroxylation is 1. The summed E-state index contributed by atoms with van der Waals surface area (Å²) in [6.07, 6.45) is 2.66. The predicted octanol–water partition coefficient (Wildman–Crippen LogP) is 2.14. The van der Waals surface area contributed by atoms with Crippen LogP contribution in [0, 0.1) is 18.3 Å². The number of nitrogens with zero attached hydrogens (tertiary/aromatic N) is 1. The van der Waals surface area contributed by atoms with Gasteiger partial charge in [0.1, 0.15) is 0 Å². The quantitative estimate of drug-likeness (QED) is 0.865. The molecule has 3 nitrogen and oxygen atoms in total. The van der Waals surface area contributed by atoms with E-state index in [0.717, 1.165) is 25.1 Å². The number of rotatable bonds is 3. The highest BCUT2D eigenvalue weighted by atomic mass is 16.5. The molecule has 0 amide bonds. The van der Waals surface area contributed by atoms with Crippen molar-refractivity contribution in [3.8, 4) is 6.07 Å². The van der Waals surface area contributed by atoms with Crippen LogP contribution in [0.5, 0.6) is 0 Å². The molecule has 0 bridgehead atoms. The van der Waals surface area contributed by atoms with Gasteiger partial charge in [-0.05, 0) is 49.6 Å². The van der Waals surface area contributed by atoms with Gasteiger partial charge in [-0.1, -0.05) is 6.07 Å². The largest absolute Gasteiger partial charge is 0.372 e. The van der Waals surface area contributed by atoms with Crippen molar-refractivity contribution in [1.82, 2.24) is 5.32 Å². The average molecular weight is 230 g/mol. The summed E-state index contributed by atoms with van der Waals surface area (Å²) in [6.45, 7) is 4.73. The molecule has 1 fully saturated rings. The van der Waals surface area contributed by atoms with E-state index in [2.05, 4.69) is 11.4 Å². The van der Waals surface area contributed by atoms with Crippen molar-refractivity contribution in [2.75, 3.05) is 13.1 Å². The molecule has 0 saturated carbocycles. The number of nitrogens with one attached hydrogen (secondary N) is 1. The van der Waals surface area contributed by atoms with Gasteiger partial charge in [0.25, 0.3) is 0 Å². The van der Waals surface area contributed by atoms with E-state index < -0.39 is 0 Å². The zero-order chi connectivity index (χ0) is 12.1. The minimum atomic E-state index is 0.332. The molecule has 0 spiro atoms. The maximum Gasteiger partial charge on any atom is 0.0991 e. The van der Waals surface area contributed by atoms with Crippen LogP contribution >= 0.6 is 0 Å². The Morgan fingerprint density at radius 2 is 2.41 bits per heavy atom. The summed E-state index contributed by atoms with van der Waals surface area (Å²) in [5.41, 5.74) is 3.02. The second-order valence-corrected chi connectivity index (χ2v) is 4.53. The smallest absolute Gasteiger partial charge is 0.0991 e. The van der Waals surface area contributed by atoms with Crippen LogP contribution in [-0.2, 0) is 11.3 Å². The monoisotopic (exact) mass is 230 g/mol. The van der Waals surface area contributed by atoms with Crippen LogP contribution in [0.4, 0.5) is 0 Å². The topological polar surface area (TPSA) is 45.0 Å². The van der Waals surface area contributed by atoms with Crippen molar-refractivity contribution in [3.63, 3.8) is 0 Å². The number of hydrogen-bond donors (Lipinski definition) is 1. The summed E-state index contributed by atoms with van der Waals surface area (Å²) in [5.74, 6) is 0. The fourth-order valence-electron chi connectivity index (χ4n) is 2.10. The molecule has 2 rings (SSSR count). The lowest BCUT2D eigenvalue weighted by atomic mass is 10.1. The zero-order valence-electron chi connectivity index (χ0n) is 10.2. The normalized spacial score (nSPS) is 19.9. The molecule has 3 heteroatoms. The lowest BCUT2D eigenvalue weighted by Crippen LogP contribution is -2.35. The summed E-state index contributed by atoms with van der Waals surface area (Å²) in [5, 5.41) is 12.1. The molecule has 0 aliphatic carbocycles.